The van der Waals surface area contributed by atoms with Crippen molar-refractivity contribution in [3.05, 3.63) is 30.1 Å². The number of benzene rings is 1. The molecular weight excluding hydrogens is 466 g/mol. The Morgan fingerprint density at radius 3 is 2.67 bits per heavy atom. The number of rotatable bonds is 4. The molecule has 2 fully saturated rings. The third kappa shape index (κ3) is 6.28. The molecule has 7 nitrogen and oxygen atoms in total. The van der Waals surface area contributed by atoms with Gasteiger partial charge in [-0.2, -0.15) is 0 Å². The van der Waals surface area contributed by atoms with E-state index in [0.717, 1.165) is 19.4 Å². The molecule has 2 saturated heterocycles. The van der Waals surface area contributed by atoms with Gasteiger partial charge in [0.05, 0.1) is 19.3 Å². The summed E-state index contributed by atoms with van der Waals surface area (Å²) in [6.45, 7) is 2.87. The highest BCUT2D eigenvalue weighted by Gasteiger charge is 2.32. The Bertz CT molecular complexity index is 638. The molecule has 0 aliphatic carbocycles. The van der Waals surface area contributed by atoms with Gasteiger partial charge in [-0.3, -0.25) is 9.79 Å². The number of anilines is 1. The van der Waals surface area contributed by atoms with Crippen molar-refractivity contribution >= 4 is 41.5 Å². The third-order valence-electron chi connectivity index (χ3n) is 4.52. The summed E-state index contributed by atoms with van der Waals surface area (Å²) < 4.78 is 24.5. The van der Waals surface area contributed by atoms with Crippen molar-refractivity contribution in [3.8, 4) is 0 Å². The summed E-state index contributed by atoms with van der Waals surface area (Å²) in [4.78, 5) is 18.4. The van der Waals surface area contributed by atoms with Crippen molar-refractivity contribution in [2.45, 2.75) is 25.0 Å². The van der Waals surface area contributed by atoms with Crippen molar-refractivity contribution in [3.63, 3.8) is 0 Å². The van der Waals surface area contributed by atoms with E-state index < -0.39 is 0 Å². The number of halogens is 2. The lowest BCUT2D eigenvalue weighted by Crippen LogP contribution is -2.54. The zero-order chi connectivity index (χ0) is 18.4. The Morgan fingerprint density at radius 1 is 1.26 bits per heavy atom. The number of guanidine groups is 1. The second kappa shape index (κ2) is 10.8. The molecule has 27 heavy (non-hydrogen) atoms. The van der Waals surface area contributed by atoms with Crippen LogP contribution in [0.25, 0.3) is 0 Å². The predicted molar refractivity (Wildman–Crippen MR) is 112 cm³/mol. The van der Waals surface area contributed by atoms with E-state index in [4.69, 9.17) is 9.47 Å². The molecule has 0 bridgehead atoms. The number of carbonyl (C=O) groups excluding carboxylic acids is 1. The monoisotopic (exact) mass is 492 g/mol. The lowest BCUT2D eigenvalue weighted by atomic mass is 10.1. The molecule has 2 unspecified atom stereocenters. The molecule has 2 aliphatic rings. The Labute approximate surface area is 175 Å². The first-order valence-corrected chi connectivity index (χ1v) is 8.90. The van der Waals surface area contributed by atoms with E-state index in [-0.39, 0.29) is 54.5 Å². The number of carbonyl (C=O) groups is 1. The number of ether oxygens (including phenoxy) is 2. The smallest absolute Gasteiger partial charge is 0.243 e. The number of nitrogens with one attached hydrogen (secondary N) is 2. The van der Waals surface area contributed by atoms with Crippen molar-refractivity contribution < 1.29 is 18.7 Å². The van der Waals surface area contributed by atoms with E-state index in [2.05, 4.69) is 20.5 Å². The van der Waals surface area contributed by atoms with Gasteiger partial charge in [-0.25, -0.2) is 4.39 Å². The van der Waals surface area contributed by atoms with Crippen LogP contribution in [-0.4, -0.2) is 68.9 Å². The van der Waals surface area contributed by atoms with Crippen LogP contribution >= 0.6 is 24.0 Å². The van der Waals surface area contributed by atoms with Gasteiger partial charge in [-0.05, 0) is 37.1 Å². The van der Waals surface area contributed by atoms with E-state index in [1.54, 1.807) is 7.05 Å². The summed E-state index contributed by atoms with van der Waals surface area (Å²) in [5.74, 6) is 0.0990. The fourth-order valence-electron chi connectivity index (χ4n) is 3.22. The summed E-state index contributed by atoms with van der Waals surface area (Å²) in [6.07, 6.45) is 2.25. The van der Waals surface area contributed by atoms with Gasteiger partial charge in [0.2, 0.25) is 5.91 Å². The molecule has 2 atom stereocenters. The lowest BCUT2D eigenvalue weighted by Gasteiger charge is -2.37. The number of hydrogen-bond donors (Lipinski definition) is 2. The van der Waals surface area contributed by atoms with Crippen molar-refractivity contribution in [2.24, 2.45) is 4.99 Å². The molecule has 150 valence electrons. The number of amides is 1. The van der Waals surface area contributed by atoms with Crippen LogP contribution in [0.3, 0.4) is 0 Å². The molecule has 0 aromatic heterocycles. The number of morpholine rings is 1. The third-order valence-corrected chi connectivity index (χ3v) is 4.52. The van der Waals surface area contributed by atoms with Gasteiger partial charge >= 0.3 is 0 Å². The van der Waals surface area contributed by atoms with E-state index in [0.29, 0.717) is 31.3 Å². The maximum atomic E-state index is 12.9. The number of hydrogen-bond acceptors (Lipinski definition) is 4. The van der Waals surface area contributed by atoms with Gasteiger partial charge in [-0.15, -0.1) is 24.0 Å². The quantitative estimate of drug-likeness (QED) is 0.381. The normalized spacial score (nSPS) is 22.9. The van der Waals surface area contributed by atoms with Crippen LogP contribution in [-0.2, 0) is 14.3 Å². The topological polar surface area (TPSA) is 75.2 Å². The minimum Gasteiger partial charge on any atom is -0.375 e. The summed E-state index contributed by atoms with van der Waals surface area (Å²) in [5, 5.41) is 5.79. The SMILES string of the molecule is CN=C(NCC(=O)Nc1ccc(F)cc1)N1CCOC(C2CCCO2)C1.I. The fourth-order valence-corrected chi connectivity index (χ4v) is 3.22. The Morgan fingerprint density at radius 2 is 2.00 bits per heavy atom. The summed E-state index contributed by atoms with van der Waals surface area (Å²) >= 11 is 0. The van der Waals surface area contributed by atoms with Crippen molar-refractivity contribution in [1.82, 2.24) is 10.2 Å². The molecule has 9 heteroatoms. The zero-order valence-electron chi connectivity index (χ0n) is 15.3. The minimum absolute atomic E-state index is 0. The number of nitrogens with zero attached hydrogens (tertiary/aromatic N) is 2. The van der Waals surface area contributed by atoms with Crippen LogP contribution < -0.4 is 10.6 Å². The van der Waals surface area contributed by atoms with Crippen LogP contribution in [0.5, 0.6) is 0 Å². The Balaban J connectivity index is 0.00000261. The first kappa shape index (κ1) is 21.8. The molecule has 0 saturated carbocycles. The Kier molecular flexibility index (Phi) is 8.71. The average molecular weight is 492 g/mol. The Hall–Kier alpha value is -1.46. The van der Waals surface area contributed by atoms with Crippen molar-refractivity contribution in [2.75, 3.05) is 45.2 Å². The van der Waals surface area contributed by atoms with Crippen LogP contribution in [0, 0.1) is 5.82 Å². The molecule has 0 radical (unpaired) electrons. The highest BCUT2D eigenvalue weighted by atomic mass is 127. The van der Waals surface area contributed by atoms with Gasteiger partial charge in [0.25, 0.3) is 0 Å². The first-order chi connectivity index (χ1) is 12.7. The maximum absolute atomic E-state index is 12.9. The molecular formula is C18H26FIN4O3. The van der Waals surface area contributed by atoms with Gasteiger partial charge < -0.3 is 25.0 Å². The summed E-state index contributed by atoms with van der Waals surface area (Å²) in [7, 11) is 1.69. The van der Waals surface area contributed by atoms with E-state index >= 15 is 0 Å². The van der Waals surface area contributed by atoms with E-state index in [1.807, 2.05) is 0 Å². The van der Waals surface area contributed by atoms with Gasteiger partial charge in [-0.1, -0.05) is 0 Å². The molecule has 2 N–H and O–H groups in total. The number of aliphatic imine (C=N–C) groups is 1. The summed E-state index contributed by atoms with van der Waals surface area (Å²) in [6, 6.07) is 5.66. The highest BCUT2D eigenvalue weighted by molar-refractivity contribution is 14.0. The van der Waals surface area contributed by atoms with Gasteiger partial charge in [0.15, 0.2) is 5.96 Å². The molecule has 1 amide bonds. The van der Waals surface area contributed by atoms with Gasteiger partial charge in [0.1, 0.15) is 11.9 Å². The zero-order valence-corrected chi connectivity index (χ0v) is 17.6. The largest absolute Gasteiger partial charge is 0.375 e. The first-order valence-electron chi connectivity index (χ1n) is 8.90. The second-order valence-corrected chi connectivity index (χ2v) is 6.36. The lowest BCUT2D eigenvalue weighted by molar-refractivity contribution is -0.115. The molecule has 1 aromatic carbocycles. The summed E-state index contributed by atoms with van der Waals surface area (Å²) in [5.41, 5.74) is 0.554. The van der Waals surface area contributed by atoms with Crippen LogP contribution in [0.1, 0.15) is 12.8 Å². The molecule has 3 rings (SSSR count). The van der Waals surface area contributed by atoms with Crippen LogP contribution in [0.15, 0.2) is 29.3 Å². The van der Waals surface area contributed by atoms with E-state index in [1.165, 1.54) is 24.3 Å². The van der Waals surface area contributed by atoms with Gasteiger partial charge in [0, 0.05) is 32.4 Å². The predicted octanol–water partition coefficient (Wildman–Crippen LogP) is 1.84. The highest BCUT2D eigenvalue weighted by Crippen LogP contribution is 2.21. The fraction of sp³-hybridized carbons (Fsp3) is 0.556. The van der Waals surface area contributed by atoms with Crippen LogP contribution in [0.4, 0.5) is 10.1 Å². The van der Waals surface area contributed by atoms with Crippen LogP contribution in [0.2, 0.25) is 0 Å². The molecule has 1 aromatic rings. The van der Waals surface area contributed by atoms with E-state index in [9.17, 15) is 9.18 Å². The molecule has 2 aliphatic heterocycles. The standard InChI is InChI=1S/C18H25FN4O3.HI/c1-20-18(21-11-17(24)22-14-6-4-13(19)5-7-14)23-8-10-26-16(12-23)15-3-2-9-25-15;/h4-7,15-16H,2-3,8-12H2,1H3,(H,20,21)(H,22,24);1H. The maximum Gasteiger partial charge on any atom is 0.243 e. The molecule has 2 heterocycles. The molecule has 0 spiro atoms. The second-order valence-electron chi connectivity index (χ2n) is 6.36. The minimum atomic E-state index is -0.338. The van der Waals surface area contributed by atoms with Crippen molar-refractivity contribution in [1.29, 1.82) is 0 Å². The average Bonchev–Trinajstić information content (AvgIpc) is 3.19.